The molecule has 0 bridgehead atoms. The predicted octanol–water partition coefficient (Wildman–Crippen LogP) is 7.62. The van der Waals surface area contributed by atoms with Crippen molar-refractivity contribution in [3.8, 4) is 22.8 Å². The Morgan fingerprint density at radius 2 is 1.73 bits per heavy atom. The van der Waals surface area contributed by atoms with Crippen molar-refractivity contribution in [2.75, 3.05) is 12.4 Å². The highest BCUT2D eigenvalue weighted by atomic mass is 79.9. The van der Waals surface area contributed by atoms with Crippen molar-refractivity contribution < 1.29 is 9.47 Å². The van der Waals surface area contributed by atoms with Crippen LogP contribution in [0.25, 0.3) is 11.3 Å². The van der Waals surface area contributed by atoms with E-state index in [1.807, 2.05) is 66.0 Å². The second-order valence-electron chi connectivity index (χ2n) is 6.17. The minimum absolute atomic E-state index is 0. The molecule has 0 saturated carbocycles. The van der Waals surface area contributed by atoms with E-state index in [9.17, 15) is 0 Å². The first-order valence-corrected chi connectivity index (χ1v) is 11.0. The highest BCUT2D eigenvalue weighted by molar-refractivity contribution is 8.93. The van der Waals surface area contributed by atoms with Gasteiger partial charge in [0.05, 0.1) is 17.7 Å². The third kappa shape index (κ3) is 5.26. The number of ether oxygens (including phenoxy) is 2. The fourth-order valence-electron chi connectivity index (χ4n) is 2.75. The molecule has 4 aromatic rings. The molecule has 1 N–H and O–H groups in total. The Bertz CT molecular complexity index is 1130. The van der Waals surface area contributed by atoms with Crippen LogP contribution >= 0.6 is 51.9 Å². The summed E-state index contributed by atoms with van der Waals surface area (Å²) >= 11 is 8.42. The molecule has 0 fully saturated rings. The summed E-state index contributed by atoms with van der Waals surface area (Å²) in [5.41, 5.74) is 2.97. The minimum atomic E-state index is 0. The number of para-hydroxylation sites is 1. The minimum Gasteiger partial charge on any atom is -0.486 e. The molecule has 0 unspecified atom stereocenters. The SMILES string of the molecule is Br.COC(=S)c1cc(-c2csc(Nc3ccc(Oc4ccccc4)cc3)n2)c(C)s1. The number of methoxy groups -OCH3 is 1. The number of anilines is 2. The van der Waals surface area contributed by atoms with Crippen molar-refractivity contribution in [3.63, 3.8) is 0 Å². The van der Waals surface area contributed by atoms with Gasteiger partial charge in [0.1, 0.15) is 11.5 Å². The average Bonchev–Trinajstić information content (AvgIpc) is 3.36. The van der Waals surface area contributed by atoms with Crippen molar-refractivity contribution in [1.82, 2.24) is 4.98 Å². The molecule has 0 amide bonds. The van der Waals surface area contributed by atoms with Crippen LogP contribution in [0.5, 0.6) is 11.5 Å². The third-order valence-corrected chi connectivity index (χ3v) is 6.49. The second kappa shape index (κ2) is 10.2. The van der Waals surface area contributed by atoms with Crippen molar-refractivity contribution >= 4 is 67.7 Å². The molecule has 30 heavy (non-hydrogen) atoms. The van der Waals surface area contributed by atoms with E-state index in [0.717, 1.165) is 38.5 Å². The van der Waals surface area contributed by atoms with Gasteiger partial charge in [-0.1, -0.05) is 18.2 Å². The molecule has 2 aromatic carbocycles. The van der Waals surface area contributed by atoms with E-state index in [-0.39, 0.29) is 17.0 Å². The number of nitrogens with zero attached hydrogens (tertiary/aromatic N) is 1. The molecule has 0 aliphatic rings. The van der Waals surface area contributed by atoms with Crippen LogP contribution < -0.4 is 10.1 Å². The van der Waals surface area contributed by atoms with Gasteiger partial charge in [0.25, 0.3) is 0 Å². The fourth-order valence-corrected chi connectivity index (χ4v) is 4.61. The smallest absolute Gasteiger partial charge is 0.201 e. The molecular formula is C22H19BrN2O2S3. The number of benzene rings is 2. The zero-order chi connectivity index (χ0) is 20.2. The molecule has 0 aliphatic heterocycles. The number of thiocarbonyl (C=S) groups is 1. The quantitative estimate of drug-likeness (QED) is 0.266. The molecule has 2 aromatic heterocycles. The van der Waals surface area contributed by atoms with Gasteiger partial charge in [-0.15, -0.1) is 39.7 Å². The summed E-state index contributed by atoms with van der Waals surface area (Å²) in [6.07, 6.45) is 0. The van der Waals surface area contributed by atoms with Crippen LogP contribution in [0.1, 0.15) is 9.75 Å². The normalized spacial score (nSPS) is 10.2. The zero-order valence-electron chi connectivity index (χ0n) is 16.2. The van der Waals surface area contributed by atoms with Crippen LogP contribution in [-0.4, -0.2) is 17.1 Å². The lowest BCUT2D eigenvalue weighted by atomic mass is 10.2. The van der Waals surface area contributed by atoms with E-state index in [1.54, 1.807) is 29.8 Å². The van der Waals surface area contributed by atoms with Crippen molar-refractivity contribution in [2.45, 2.75) is 6.92 Å². The van der Waals surface area contributed by atoms with Crippen LogP contribution in [0.15, 0.2) is 66.0 Å². The van der Waals surface area contributed by atoms with Crippen LogP contribution in [0.4, 0.5) is 10.8 Å². The Balaban J connectivity index is 0.00000256. The summed E-state index contributed by atoms with van der Waals surface area (Å²) in [4.78, 5) is 6.84. The molecule has 0 atom stereocenters. The van der Waals surface area contributed by atoms with Gasteiger partial charge in [0, 0.05) is 21.5 Å². The van der Waals surface area contributed by atoms with Gasteiger partial charge < -0.3 is 14.8 Å². The van der Waals surface area contributed by atoms with Crippen LogP contribution in [0.3, 0.4) is 0 Å². The zero-order valence-corrected chi connectivity index (χ0v) is 20.4. The molecule has 4 nitrogen and oxygen atoms in total. The van der Waals surface area contributed by atoms with Gasteiger partial charge in [0.2, 0.25) is 5.05 Å². The number of thiazole rings is 1. The Hall–Kier alpha value is -2.26. The summed E-state index contributed by atoms with van der Waals surface area (Å²) in [6, 6.07) is 19.6. The Morgan fingerprint density at radius 1 is 1.03 bits per heavy atom. The highest BCUT2D eigenvalue weighted by Gasteiger charge is 2.14. The summed E-state index contributed by atoms with van der Waals surface area (Å²) in [5.74, 6) is 1.60. The number of thiophene rings is 1. The first-order chi connectivity index (χ1) is 14.1. The summed E-state index contributed by atoms with van der Waals surface area (Å²) < 4.78 is 11.0. The van der Waals surface area contributed by atoms with Gasteiger partial charge in [-0.3, -0.25) is 0 Å². The highest BCUT2D eigenvalue weighted by Crippen LogP contribution is 2.34. The standard InChI is InChI=1S/C22H18N2O2S3.BrH/c1-14-18(12-20(29-14)21(27)25-2)19-13-28-22(24-19)23-15-8-10-17(11-9-15)26-16-6-4-3-5-7-16;/h3-13H,1-2H3,(H,23,24);1H. The third-order valence-electron chi connectivity index (χ3n) is 4.17. The van der Waals surface area contributed by atoms with Crippen molar-refractivity contribution in [2.24, 2.45) is 0 Å². The monoisotopic (exact) mass is 518 g/mol. The first-order valence-electron chi connectivity index (χ1n) is 8.87. The lowest BCUT2D eigenvalue weighted by Crippen LogP contribution is -1.94. The predicted molar refractivity (Wildman–Crippen MR) is 135 cm³/mol. The molecule has 0 spiro atoms. The van der Waals surface area contributed by atoms with Gasteiger partial charge in [-0.25, -0.2) is 4.98 Å². The molecular weight excluding hydrogens is 500 g/mol. The molecule has 4 rings (SSSR count). The van der Waals surface area contributed by atoms with Gasteiger partial charge in [0.15, 0.2) is 5.13 Å². The number of rotatable bonds is 6. The Morgan fingerprint density at radius 3 is 2.43 bits per heavy atom. The number of aryl methyl sites for hydroxylation is 1. The molecule has 0 saturated heterocycles. The van der Waals surface area contributed by atoms with Crippen LogP contribution in [0, 0.1) is 6.92 Å². The van der Waals surface area contributed by atoms with E-state index in [1.165, 1.54) is 4.88 Å². The summed E-state index contributed by atoms with van der Waals surface area (Å²) in [6.45, 7) is 2.07. The maximum Gasteiger partial charge on any atom is 0.201 e. The van der Waals surface area contributed by atoms with Crippen molar-refractivity contribution in [1.29, 1.82) is 0 Å². The average molecular weight is 520 g/mol. The molecule has 154 valence electrons. The van der Waals surface area contributed by atoms with Gasteiger partial charge >= 0.3 is 0 Å². The lowest BCUT2D eigenvalue weighted by molar-refractivity contribution is 0.417. The van der Waals surface area contributed by atoms with Crippen molar-refractivity contribution in [3.05, 3.63) is 75.8 Å². The summed E-state index contributed by atoms with van der Waals surface area (Å²) in [5, 5.41) is 6.74. The van der Waals surface area contributed by atoms with E-state index >= 15 is 0 Å². The number of aromatic nitrogens is 1. The summed E-state index contributed by atoms with van der Waals surface area (Å²) in [7, 11) is 1.60. The number of hydrogen-bond acceptors (Lipinski definition) is 7. The first kappa shape index (κ1) is 22.4. The maximum atomic E-state index is 5.83. The molecule has 0 radical (unpaired) electrons. The molecule has 8 heteroatoms. The van der Waals surface area contributed by atoms with Crippen LogP contribution in [0.2, 0.25) is 0 Å². The van der Waals surface area contributed by atoms with Gasteiger partial charge in [-0.05, 0) is 61.6 Å². The van der Waals surface area contributed by atoms with E-state index < -0.39 is 0 Å². The number of nitrogens with one attached hydrogen (secondary N) is 1. The number of hydrogen-bond donors (Lipinski definition) is 1. The van der Waals surface area contributed by atoms with Crippen LogP contribution in [-0.2, 0) is 4.74 Å². The second-order valence-corrected chi connectivity index (χ2v) is 8.66. The van der Waals surface area contributed by atoms with E-state index in [0.29, 0.717) is 5.05 Å². The number of halogens is 1. The fraction of sp³-hybridized carbons (Fsp3) is 0.0909. The lowest BCUT2D eigenvalue weighted by Gasteiger charge is -2.07. The van der Waals surface area contributed by atoms with E-state index in [2.05, 4.69) is 12.2 Å². The Kier molecular flexibility index (Phi) is 7.60. The topological polar surface area (TPSA) is 43.4 Å². The molecule has 2 heterocycles. The van der Waals surface area contributed by atoms with Gasteiger partial charge in [-0.2, -0.15) is 0 Å². The molecule has 0 aliphatic carbocycles. The maximum absolute atomic E-state index is 5.83. The largest absolute Gasteiger partial charge is 0.486 e. The Labute approximate surface area is 199 Å². The van der Waals surface area contributed by atoms with E-state index in [4.69, 9.17) is 26.7 Å².